The van der Waals surface area contributed by atoms with E-state index in [4.69, 9.17) is 4.98 Å². The number of pyridine rings is 1. The molecule has 3 aromatic heterocycles. The normalized spacial score (nSPS) is 14.7. The summed E-state index contributed by atoms with van der Waals surface area (Å²) >= 11 is 3.58. The van der Waals surface area contributed by atoms with Gasteiger partial charge >= 0.3 is 0 Å². The van der Waals surface area contributed by atoms with E-state index in [1.54, 1.807) is 18.5 Å². The van der Waals surface area contributed by atoms with Gasteiger partial charge in [0.2, 0.25) is 5.91 Å². The van der Waals surface area contributed by atoms with Crippen LogP contribution in [0.5, 0.6) is 0 Å². The molecule has 1 aromatic carbocycles. The molecule has 0 radical (unpaired) electrons. The summed E-state index contributed by atoms with van der Waals surface area (Å²) < 4.78 is 2.68. The van der Waals surface area contributed by atoms with E-state index in [1.165, 1.54) is 0 Å². The van der Waals surface area contributed by atoms with Crippen molar-refractivity contribution >= 4 is 39.4 Å². The first kappa shape index (κ1) is 22.3. The lowest BCUT2D eigenvalue weighted by Crippen LogP contribution is -2.37. The number of anilines is 1. The van der Waals surface area contributed by atoms with Crippen molar-refractivity contribution in [2.75, 3.05) is 18.4 Å². The van der Waals surface area contributed by atoms with E-state index in [2.05, 4.69) is 37.4 Å². The third kappa shape index (κ3) is 5.02. The maximum absolute atomic E-state index is 12.7. The number of hydrogen-bond donors (Lipinski definition) is 1. The fourth-order valence-electron chi connectivity index (χ4n) is 4.22. The van der Waals surface area contributed by atoms with E-state index in [-0.39, 0.29) is 11.8 Å². The van der Waals surface area contributed by atoms with Crippen molar-refractivity contribution < 1.29 is 4.79 Å². The Hall–Kier alpha value is -3.52. The first-order chi connectivity index (χ1) is 16.7. The van der Waals surface area contributed by atoms with Gasteiger partial charge in [-0.15, -0.1) is 0 Å². The van der Waals surface area contributed by atoms with E-state index in [9.17, 15) is 4.79 Å². The van der Waals surface area contributed by atoms with Gasteiger partial charge in [0.05, 0.1) is 10.7 Å². The van der Waals surface area contributed by atoms with Crippen molar-refractivity contribution in [1.82, 2.24) is 24.5 Å². The molecule has 1 aliphatic rings. The minimum absolute atomic E-state index is 0.0584. The van der Waals surface area contributed by atoms with E-state index in [0.717, 1.165) is 45.6 Å². The number of piperidine rings is 1. The summed E-state index contributed by atoms with van der Waals surface area (Å²) in [6.45, 7) is 2.08. The molecule has 8 heteroatoms. The predicted octanol–water partition coefficient (Wildman–Crippen LogP) is 4.92. The number of fused-ring (bicyclic) bond motifs is 1. The molecule has 5 rings (SSSR count). The molecule has 4 heterocycles. The molecule has 0 bridgehead atoms. The number of nitrogens with zero attached hydrogens (tertiary/aromatic N) is 5. The molecule has 34 heavy (non-hydrogen) atoms. The Labute approximate surface area is 206 Å². The van der Waals surface area contributed by atoms with Crippen LogP contribution in [0.25, 0.3) is 11.7 Å². The van der Waals surface area contributed by atoms with Crippen LogP contribution >= 0.6 is 15.9 Å². The molecule has 4 aromatic rings. The number of amides is 1. The van der Waals surface area contributed by atoms with Crippen molar-refractivity contribution in [3.8, 4) is 0 Å². The van der Waals surface area contributed by atoms with Gasteiger partial charge in [-0.3, -0.25) is 9.78 Å². The van der Waals surface area contributed by atoms with Crippen molar-refractivity contribution in [3.63, 3.8) is 0 Å². The monoisotopic (exact) mass is 516 g/mol. The zero-order valence-electron chi connectivity index (χ0n) is 18.6. The van der Waals surface area contributed by atoms with E-state index >= 15 is 0 Å². The number of aromatic nitrogens is 4. The maximum atomic E-state index is 12.7. The first-order valence-corrected chi connectivity index (χ1v) is 12.2. The number of carbonyl (C=O) groups excluding carboxylic acids is 1. The second-order valence-electron chi connectivity index (χ2n) is 8.35. The minimum atomic E-state index is 0.0584. The molecule has 1 N–H and O–H groups in total. The zero-order chi connectivity index (χ0) is 23.3. The van der Waals surface area contributed by atoms with E-state index < -0.39 is 0 Å². The lowest BCUT2D eigenvalue weighted by atomic mass is 9.93. The smallest absolute Gasteiger partial charge is 0.246 e. The van der Waals surface area contributed by atoms with Gasteiger partial charge in [-0.25, -0.2) is 4.98 Å². The van der Waals surface area contributed by atoms with Gasteiger partial charge in [-0.05, 0) is 52.0 Å². The molecule has 0 saturated carbocycles. The van der Waals surface area contributed by atoms with Crippen molar-refractivity contribution in [3.05, 3.63) is 94.5 Å². The van der Waals surface area contributed by atoms with E-state index in [1.807, 2.05) is 64.2 Å². The lowest BCUT2D eigenvalue weighted by Gasteiger charge is -2.31. The SMILES string of the molecule is O=C(/C=C/c1ccccc1)N1CCC(c2cc(NCc3cccnc3)n3ncc(Br)c3n2)CC1. The van der Waals surface area contributed by atoms with Crippen molar-refractivity contribution in [2.45, 2.75) is 25.3 Å². The van der Waals surface area contributed by atoms with Crippen LogP contribution in [0.4, 0.5) is 5.82 Å². The third-order valence-electron chi connectivity index (χ3n) is 6.09. The molecular weight excluding hydrogens is 492 g/mol. The number of benzene rings is 1. The number of likely N-dealkylation sites (tertiary alicyclic amines) is 1. The molecular formula is C26H25BrN6O. The Morgan fingerprint density at radius 3 is 2.71 bits per heavy atom. The molecule has 1 amide bonds. The Morgan fingerprint density at radius 1 is 1.12 bits per heavy atom. The molecule has 172 valence electrons. The summed E-state index contributed by atoms with van der Waals surface area (Å²) in [5, 5.41) is 7.95. The second kappa shape index (κ2) is 10.2. The minimum Gasteiger partial charge on any atom is -0.366 e. The van der Waals surface area contributed by atoms with Crippen molar-refractivity contribution in [1.29, 1.82) is 0 Å². The highest BCUT2D eigenvalue weighted by Crippen LogP contribution is 2.30. The van der Waals surface area contributed by atoms with Crippen LogP contribution in [0.2, 0.25) is 0 Å². The van der Waals surface area contributed by atoms with Gasteiger partial charge < -0.3 is 10.2 Å². The number of carbonyl (C=O) groups is 1. The molecule has 1 saturated heterocycles. The standard InChI is InChI=1S/C26H25BrN6O/c27-22-18-30-33-24(29-17-20-7-4-12-28-16-20)15-23(31-26(22)33)21-10-13-32(14-11-21)25(34)9-8-19-5-2-1-3-6-19/h1-9,12,15-16,18,21,29H,10-11,13-14,17H2/b9-8+. The van der Waals surface area contributed by atoms with Gasteiger partial charge in [0, 0.05) is 55.8 Å². The Kier molecular flexibility index (Phi) is 6.67. The summed E-state index contributed by atoms with van der Waals surface area (Å²) in [4.78, 5) is 23.7. The summed E-state index contributed by atoms with van der Waals surface area (Å²) in [6, 6.07) is 15.9. The molecule has 0 unspecified atom stereocenters. The average molecular weight is 517 g/mol. The van der Waals surface area contributed by atoms with Crippen LogP contribution in [-0.2, 0) is 11.3 Å². The lowest BCUT2D eigenvalue weighted by molar-refractivity contribution is -0.126. The fourth-order valence-corrected chi connectivity index (χ4v) is 4.57. The van der Waals surface area contributed by atoms with Gasteiger partial charge in [0.25, 0.3) is 0 Å². The van der Waals surface area contributed by atoms with Crippen LogP contribution in [-0.4, -0.2) is 43.5 Å². The van der Waals surface area contributed by atoms with Gasteiger partial charge in [-0.1, -0.05) is 36.4 Å². The summed E-state index contributed by atoms with van der Waals surface area (Å²) in [5.74, 6) is 1.23. The topological polar surface area (TPSA) is 75.4 Å². The van der Waals surface area contributed by atoms with Crippen LogP contribution in [0.1, 0.15) is 35.6 Å². The van der Waals surface area contributed by atoms with Gasteiger partial charge in [0.1, 0.15) is 5.82 Å². The number of hydrogen-bond acceptors (Lipinski definition) is 5. The molecule has 0 spiro atoms. The molecule has 1 fully saturated rings. The highest BCUT2D eigenvalue weighted by atomic mass is 79.9. The Bertz CT molecular complexity index is 1300. The highest BCUT2D eigenvalue weighted by Gasteiger charge is 2.25. The highest BCUT2D eigenvalue weighted by molar-refractivity contribution is 9.10. The quantitative estimate of drug-likeness (QED) is 0.368. The molecule has 7 nitrogen and oxygen atoms in total. The predicted molar refractivity (Wildman–Crippen MR) is 136 cm³/mol. The van der Waals surface area contributed by atoms with Crippen LogP contribution in [0.3, 0.4) is 0 Å². The van der Waals surface area contributed by atoms with E-state index in [0.29, 0.717) is 19.6 Å². The number of nitrogens with one attached hydrogen (secondary N) is 1. The van der Waals surface area contributed by atoms with Crippen LogP contribution in [0, 0.1) is 0 Å². The fraction of sp³-hybridized carbons (Fsp3) is 0.231. The molecule has 0 atom stereocenters. The summed E-state index contributed by atoms with van der Waals surface area (Å²) in [5.41, 5.74) is 3.93. The van der Waals surface area contributed by atoms with Gasteiger partial charge in [-0.2, -0.15) is 9.61 Å². The number of rotatable bonds is 6. The summed E-state index contributed by atoms with van der Waals surface area (Å²) in [7, 11) is 0. The van der Waals surface area contributed by atoms with Crippen LogP contribution < -0.4 is 5.32 Å². The largest absolute Gasteiger partial charge is 0.366 e. The van der Waals surface area contributed by atoms with Crippen LogP contribution in [0.15, 0.2) is 77.7 Å². The Balaban J connectivity index is 1.28. The maximum Gasteiger partial charge on any atom is 0.246 e. The Morgan fingerprint density at radius 2 is 1.94 bits per heavy atom. The average Bonchev–Trinajstić information content (AvgIpc) is 3.28. The molecule has 1 aliphatic heterocycles. The molecule has 0 aliphatic carbocycles. The number of halogens is 1. The zero-order valence-corrected chi connectivity index (χ0v) is 20.2. The summed E-state index contributed by atoms with van der Waals surface area (Å²) in [6.07, 6.45) is 10.7. The van der Waals surface area contributed by atoms with Crippen molar-refractivity contribution in [2.24, 2.45) is 0 Å². The van der Waals surface area contributed by atoms with Gasteiger partial charge in [0.15, 0.2) is 5.65 Å². The second-order valence-corrected chi connectivity index (χ2v) is 9.21. The first-order valence-electron chi connectivity index (χ1n) is 11.4. The third-order valence-corrected chi connectivity index (χ3v) is 6.65.